The predicted molar refractivity (Wildman–Crippen MR) is 154 cm³/mol. The average Bonchev–Trinajstić information content (AvgIpc) is 3.79. The summed E-state index contributed by atoms with van der Waals surface area (Å²) in [6.45, 7) is 2.40. The van der Waals surface area contributed by atoms with Crippen LogP contribution in [0.25, 0.3) is 0 Å². The zero-order valence-corrected chi connectivity index (χ0v) is 25.2. The van der Waals surface area contributed by atoms with E-state index in [0.29, 0.717) is 12.3 Å². The van der Waals surface area contributed by atoms with Crippen molar-refractivity contribution in [3.63, 3.8) is 0 Å². The summed E-state index contributed by atoms with van der Waals surface area (Å²) in [6.07, 6.45) is 10.7. The molecule has 1 heterocycles. The fraction of sp³-hybridized carbons (Fsp3) is 0.828. The van der Waals surface area contributed by atoms with Crippen molar-refractivity contribution in [3.8, 4) is 0 Å². The van der Waals surface area contributed by atoms with E-state index in [-0.39, 0.29) is 42.3 Å². The van der Waals surface area contributed by atoms with E-state index in [1.165, 1.54) is 4.90 Å². The fourth-order valence-corrected chi connectivity index (χ4v) is 8.11. The number of ketones is 1. The molecule has 4 saturated carbocycles. The summed E-state index contributed by atoms with van der Waals surface area (Å²) >= 11 is 13.0. The number of piperidine rings is 1. The molecule has 0 spiro atoms. The molecule has 0 radical (unpaired) electrons. The second kappa shape index (κ2) is 12.3. The summed E-state index contributed by atoms with van der Waals surface area (Å²) in [7, 11) is 0. The first-order valence-electron chi connectivity index (χ1n) is 15.4. The van der Waals surface area contributed by atoms with Gasteiger partial charge in [-0.1, -0.05) is 39.0 Å². The van der Waals surface area contributed by atoms with E-state index in [1.807, 2.05) is 0 Å². The molecule has 228 valence electrons. The number of fused-ring (bicyclic) bond motifs is 1. The van der Waals surface area contributed by atoms with Crippen molar-refractivity contribution in [1.82, 2.24) is 20.9 Å². The molecule has 1 saturated heterocycles. The Labute approximate surface area is 251 Å². The molecular formula is C29H43Cl2N5O5. The number of likely N-dealkylation sites (tertiary alicyclic amines) is 1. The molecule has 4 aliphatic carbocycles. The zero-order chi connectivity index (χ0) is 29.5. The second-order valence-electron chi connectivity index (χ2n) is 13.2. The van der Waals surface area contributed by atoms with Crippen LogP contribution < -0.4 is 21.7 Å². The first kappa shape index (κ1) is 30.4. The monoisotopic (exact) mass is 611 g/mol. The topological polar surface area (TPSA) is 151 Å². The van der Waals surface area contributed by atoms with Gasteiger partial charge in [0.1, 0.15) is 16.4 Å². The number of amides is 5. The van der Waals surface area contributed by atoms with Gasteiger partial charge in [0.2, 0.25) is 17.6 Å². The first-order chi connectivity index (χ1) is 19.5. The Morgan fingerprint density at radius 2 is 1.59 bits per heavy atom. The highest BCUT2D eigenvalue weighted by atomic mass is 35.5. The van der Waals surface area contributed by atoms with Crippen molar-refractivity contribution < 1.29 is 24.0 Å². The van der Waals surface area contributed by atoms with Crippen LogP contribution in [0.4, 0.5) is 4.79 Å². The molecule has 0 bridgehead atoms. The number of nitrogens with two attached hydrogens (primary N) is 1. The Balaban J connectivity index is 1.32. The van der Waals surface area contributed by atoms with E-state index in [9.17, 15) is 24.0 Å². The van der Waals surface area contributed by atoms with Gasteiger partial charge in [0.25, 0.3) is 5.91 Å². The normalized spacial score (nSPS) is 32.3. The largest absolute Gasteiger partial charge is 0.363 e. The third-order valence-corrected chi connectivity index (χ3v) is 11.1. The lowest BCUT2D eigenvalue weighted by Crippen LogP contribution is -2.60. The van der Waals surface area contributed by atoms with Crippen molar-refractivity contribution in [1.29, 1.82) is 0 Å². The minimum atomic E-state index is -1.16. The molecule has 5 aliphatic rings. The number of alkyl halides is 2. The molecule has 5 rings (SSSR count). The highest BCUT2D eigenvalue weighted by molar-refractivity contribution is 6.51. The SMILES string of the molecule is CC1CCC(NC(=O)N[C@H](C(=O)N2CC3C([C@H]2C(=O)NC(CC2CC2)C(=O)C(N)=O)C3(Cl)Cl)C2CCCCC2)CC1. The van der Waals surface area contributed by atoms with Gasteiger partial charge in [0.05, 0.1) is 6.04 Å². The first-order valence-corrected chi connectivity index (χ1v) is 16.1. The molecule has 1 aliphatic heterocycles. The number of rotatable bonds is 10. The van der Waals surface area contributed by atoms with Gasteiger partial charge in [0, 0.05) is 24.4 Å². The predicted octanol–water partition coefficient (Wildman–Crippen LogP) is 2.78. The van der Waals surface area contributed by atoms with Gasteiger partial charge in [0.15, 0.2) is 0 Å². The van der Waals surface area contributed by atoms with Crippen molar-refractivity contribution >= 4 is 52.7 Å². The lowest BCUT2D eigenvalue weighted by atomic mass is 9.83. The van der Waals surface area contributed by atoms with Gasteiger partial charge in [-0.25, -0.2) is 4.79 Å². The van der Waals surface area contributed by atoms with Crippen LogP contribution in [0.15, 0.2) is 0 Å². The average molecular weight is 613 g/mol. The molecular weight excluding hydrogens is 569 g/mol. The Kier molecular flexibility index (Phi) is 9.09. The summed E-state index contributed by atoms with van der Waals surface area (Å²) in [5.74, 6) is -2.84. The van der Waals surface area contributed by atoms with Gasteiger partial charge in [-0.3, -0.25) is 19.2 Å². The molecule has 12 heteroatoms. The summed E-state index contributed by atoms with van der Waals surface area (Å²) < 4.78 is -1.16. The van der Waals surface area contributed by atoms with Gasteiger partial charge in [-0.2, -0.15) is 0 Å². The van der Waals surface area contributed by atoms with Crippen molar-refractivity contribution in [2.45, 2.75) is 112 Å². The van der Waals surface area contributed by atoms with E-state index in [0.717, 1.165) is 70.6 Å². The van der Waals surface area contributed by atoms with E-state index in [1.54, 1.807) is 0 Å². The number of Topliss-reactive ketones (excluding diaryl/α,β-unsaturated/α-hetero) is 1. The molecule has 5 atom stereocenters. The highest BCUT2D eigenvalue weighted by Gasteiger charge is 2.74. The minimum Gasteiger partial charge on any atom is -0.363 e. The van der Waals surface area contributed by atoms with Crippen LogP contribution in [0.3, 0.4) is 0 Å². The van der Waals surface area contributed by atoms with Crippen molar-refractivity contribution in [2.24, 2.45) is 35.3 Å². The molecule has 5 amide bonds. The molecule has 3 unspecified atom stereocenters. The second-order valence-corrected chi connectivity index (χ2v) is 14.6. The maximum Gasteiger partial charge on any atom is 0.315 e. The van der Waals surface area contributed by atoms with Gasteiger partial charge < -0.3 is 26.6 Å². The fourth-order valence-electron chi connectivity index (χ4n) is 7.28. The van der Waals surface area contributed by atoms with Crippen LogP contribution in [-0.2, 0) is 19.2 Å². The van der Waals surface area contributed by atoms with Gasteiger partial charge in [-0.05, 0) is 62.7 Å². The van der Waals surface area contributed by atoms with E-state index in [2.05, 4.69) is 22.9 Å². The maximum absolute atomic E-state index is 14.2. The van der Waals surface area contributed by atoms with Gasteiger partial charge >= 0.3 is 6.03 Å². The Morgan fingerprint density at radius 3 is 2.20 bits per heavy atom. The third kappa shape index (κ3) is 6.79. The van der Waals surface area contributed by atoms with Crippen LogP contribution in [-0.4, -0.2) is 69.5 Å². The number of primary amides is 1. The quantitative estimate of drug-likeness (QED) is 0.221. The molecule has 41 heavy (non-hydrogen) atoms. The Hall–Kier alpha value is -2.07. The van der Waals surface area contributed by atoms with Crippen LogP contribution in [0.1, 0.15) is 84.0 Å². The number of urea groups is 1. The van der Waals surface area contributed by atoms with Crippen molar-refractivity contribution in [2.75, 3.05) is 6.54 Å². The van der Waals surface area contributed by atoms with Crippen LogP contribution in [0.2, 0.25) is 0 Å². The summed E-state index contributed by atoms with van der Waals surface area (Å²) in [6, 6.07) is -3.15. The van der Waals surface area contributed by atoms with Crippen LogP contribution in [0, 0.1) is 29.6 Å². The number of halogens is 2. The lowest BCUT2D eigenvalue weighted by molar-refractivity contribution is -0.144. The van der Waals surface area contributed by atoms with Crippen LogP contribution >= 0.6 is 23.2 Å². The van der Waals surface area contributed by atoms with E-state index < -0.39 is 46.0 Å². The van der Waals surface area contributed by atoms with E-state index >= 15 is 0 Å². The molecule has 0 aromatic carbocycles. The number of hydrogen-bond acceptors (Lipinski definition) is 5. The molecule has 5 fully saturated rings. The maximum atomic E-state index is 14.2. The van der Waals surface area contributed by atoms with Gasteiger partial charge in [-0.15, -0.1) is 23.2 Å². The number of nitrogens with one attached hydrogen (secondary N) is 3. The Bertz CT molecular complexity index is 1050. The molecule has 5 N–H and O–H groups in total. The number of carbonyl (C=O) groups excluding carboxylic acids is 5. The number of nitrogens with zero attached hydrogens (tertiary/aromatic N) is 1. The molecule has 10 nitrogen and oxygen atoms in total. The minimum absolute atomic E-state index is 0.0511. The van der Waals surface area contributed by atoms with Crippen LogP contribution in [0.5, 0.6) is 0 Å². The summed E-state index contributed by atoms with van der Waals surface area (Å²) in [5.41, 5.74) is 5.27. The number of hydrogen-bond donors (Lipinski definition) is 4. The standard InChI is InChI=1S/C29H43Cl2N5O5/c1-15-7-11-18(12-8-15)33-28(41)35-22(17-5-3-2-4-6-17)27(40)36-14-19-21(29(19,30)31)23(36)26(39)34-20(13-16-9-10-16)24(37)25(32)38/h15-23H,2-14H2,1H3,(H2,32,38)(H,34,39)(H2,33,35,41)/t15?,18?,19?,20?,21?,22-,23-/m0/s1. The third-order valence-electron chi connectivity index (χ3n) is 10.1. The zero-order valence-electron chi connectivity index (χ0n) is 23.7. The van der Waals surface area contributed by atoms with Crippen molar-refractivity contribution in [3.05, 3.63) is 0 Å². The summed E-state index contributed by atoms with van der Waals surface area (Å²) in [4.78, 5) is 66.8. The summed E-state index contributed by atoms with van der Waals surface area (Å²) in [5, 5.41) is 8.76. The highest BCUT2D eigenvalue weighted by Crippen LogP contribution is 2.65. The smallest absolute Gasteiger partial charge is 0.315 e. The molecule has 0 aromatic heterocycles. The lowest BCUT2D eigenvalue weighted by Gasteiger charge is -2.37. The van der Waals surface area contributed by atoms with E-state index in [4.69, 9.17) is 28.9 Å². The molecule has 0 aromatic rings. The Morgan fingerprint density at radius 1 is 0.927 bits per heavy atom. The number of carbonyl (C=O) groups is 5.